The molecule has 0 bridgehead atoms. The van der Waals surface area contributed by atoms with E-state index < -0.39 is 39.1 Å². The number of hydrogen-bond acceptors (Lipinski definition) is 8. The predicted molar refractivity (Wildman–Crippen MR) is 111 cm³/mol. The van der Waals surface area contributed by atoms with Gasteiger partial charge in [0, 0.05) is 12.1 Å². The molecule has 2 aromatic carbocycles. The van der Waals surface area contributed by atoms with E-state index in [2.05, 4.69) is 0 Å². The maximum atomic E-state index is 13.4. The number of sulfonamides is 1. The molecular weight excluding hydrogens is 428 g/mol. The van der Waals surface area contributed by atoms with Gasteiger partial charge in [0.05, 0.1) is 34.3 Å². The fourth-order valence-corrected chi connectivity index (χ4v) is 4.23. The highest BCUT2D eigenvalue weighted by atomic mass is 32.2. The van der Waals surface area contributed by atoms with Crippen LogP contribution < -0.4 is 4.31 Å². The molecule has 0 unspecified atom stereocenters. The first-order chi connectivity index (χ1) is 14.6. The molecule has 0 aromatic heterocycles. The lowest BCUT2D eigenvalue weighted by molar-refractivity contribution is -0.385. The highest BCUT2D eigenvalue weighted by Gasteiger charge is 2.30. The molecule has 0 aliphatic carbocycles. The molecule has 0 fully saturated rings. The van der Waals surface area contributed by atoms with Gasteiger partial charge in [-0.3, -0.25) is 19.2 Å². The monoisotopic (exact) mass is 450 g/mol. The smallest absolute Gasteiger partial charge is 0.338 e. The first-order valence-corrected chi connectivity index (χ1v) is 10.8. The normalized spacial score (nSPS) is 10.9. The lowest BCUT2D eigenvalue weighted by Gasteiger charge is -2.25. The van der Waals surface area contributed by atoms with Crippen molar-refractivity contribution >= 4 is 33.3 Å². The molecule has 0 spiro atoms. The van der Waals surface area contributed by atoms with Crippen LogP contribution in [0.1, 0.15) is 29.8 Å². The molecule has 166 valence electrons. The van der Waals surface area contributed by atoms with Gasteiger partial charge in [-0.15, -0.1) is 0 Å². The second-order valence-corrected chi connectivity index (χ2v) is 8.16. The van der Waals surface area contributed by atoms with E-state index >= 15 is 0 Å². The molecule has 0 saturated carbocycles. The van der Waals surface area contributed by atoms with Crippen LogP contribution in [0.2, 0.25) is 0 Å². The van der Waals surface area contributed by atoms with Gasteiger partial charge < -0.3 is 9.47 Å². The molecule has 0 aliphatic rings. The lowest BCUT2D eigenvalue weighted by Crippen LogP contribution is -2.37. The number of esters is 2. The van der Waals surface area contributed by atoms with Gasteiger partial charge in [0.15, 0.2) is 0 Å². The van der Waals surface area contributed by atoms with Crippen molar-refractivity contribution in [2.24, 2.45) is 0 Å². The van der Waals surface area contributed by atoms with Gasteiger partial charge in [0.2, 0.25) is 0 Å². The third-order valence-corrected chi connectivity index (χ3v) is 5.94. The van der Waals surface area contributed by atoms with Gasteiger partial charge in [0.25, 0.3) is 15.7 Å². The summed E-state index contributed by atoms with van der Waals surface area (Å²) in [7, 11) is -4.42. The summed E-state index contributed by atoms with van der Waals surface area (Å²) in [6.07, 6.45) is 0. The number of nitro benzene ring substituents is 1. The Hall–Kier alpha value is -3.47. The maximum Gasteiger partial charge on any atom is 0.338 e. The van der Waals surface area contributed by atoms with E-state index in [0.29, 0.717) is 5.56 Å². The summed E-state index contributed by atoms with van der Waals surface area (Å²) in [6, 6.07) is 8.75. The molecule has 10 nitrogen and oxygen atoms in total. The van der Waals surface area contributed by atoms with Crippen molar-refractivity contribution in [3.05, 3.63) is 63.7 Å². The Morgan fingerprint density at radius 3 is 2.35 bits per heavy atom. The van der Waals surface area contributed by atoms with Gasteiger partial charge >= 0.3 is 11.9 Å². The number of carbonyl (C=O) groups is 2. The highest BCUT2D eigenvalue weighted by molar-refractivity contribution is 7.92. The van der Waals surface area contributed by atoms with Crippen LogP contribution in [0, 0.1) is 17.0 Å². The zero-order valence-electron chi connectivity index (χ0n) is 17.2. The molecule has 0 atom stereocenters. The number of carbonyl (C=O) groups excluding carboxylic acids is 2. The van der Waals surface area contributed by atoms with E-state index in [1.807, 2.05) is 0 Å². The Morgan fingerprint density at radius 2 is 1.74 bits per heavy atom. The van der Waals surface area contributed by atoms with Crippen molar-refractivity contribution in [1.29, 1.82) is 0 Å². The van der Waals surface area contributed by atoms with E-state index in [-0.39, 0.29) is 29.4 Å². The van der Waals surface area contributed by atoms with Gasteiger partial charge in [0.1, 0.15) is 6.54 Å². The standard InChI is InChI=1S/C20H22N2O8S/c1-4-29-19(23)13-21(18-11-15(10-9-14(18)3)20(24)30-5-2)31(27,28)17-8-6-7-16(12-17)22(25)26/h6-12H,4-5,13H2,1-3H3. The molecule has 31 heavy (non-hydrogen) atoms. The zero-order valence-corrected chi connectivity index (χ0v) is 18.0. The van der Waals surface area contributed by atoms with Crippen LogP contribution in [-0.2, 0) is 24.3 Å². The fourth-order valence-electron chi connectivity index (χ4n) is 2.73. The lowest BCUT2D eigenvalue weighted by atomic mass is 10.1. The second kappa shape index (κ2) is 10.0. The van der Waals surface area contributed by atoms with E-state index in [0.717, 1.165) is 16.4 Å². The first-order valence-electron chi connectivity index (χ1n) is 9.32. The molecule has 0 saturated heterocycles. The van der Waals surface area contributed by atoms with Crippen LogP contribution in [0.5, 0.6) is 0 Å². The van der Waals surface area contributed by atoms with Crippen LogP contribution in [0.3, 0.4) is 0 Å². The van der Waals surface area contributed by atoms with Crippen molar-refractivity contribution in [2.45, 2.75) is 25.7 Å². The van der Waals surface area contributed by atoms with Crippen molar-refractivity contribution in [3.8, 4) is 0 Å². The van der Waals surface area contributed by atoms with Crippen LogP contribution >= 0.6 is 0 Å². The molecular formula is C20H22N2O8S. The summed E-state index contributed by atoms with van der Waals surface area (Å²) >= 11 is 0. The SMILES string of the molecule is CCOC(=O)CN(c1cc(C(=O)OCC)ccc1C)S(=O)(=O)c1cccc([N+](=O)[O-])c1. The number of nitro groups is 1. The van der Waals surface area contributed by atoms with Crippen LogP contribution in [0.25, 0.3) is 0 Å². The number of benzene rings is 2. The molecule has 0 radical (unpaired) electrons. The number of non-ortho nitro benzene ring substituents is 1. The van der Waals surface area contributed by atoms with Gasteiger partial charge in [-0.05, 0) is 44.5 Å². The highest BCUT2D eigenvalue weighted by Crippen LogP contribution is 2.29. The summed E-state index contributed by atoms with van der Waals surface area (Å²) in [5, 5.41) is 11.1. The molecule has 0 N–H and O–H groups in total. The quantitative estimate of drug-likeness (QED) is 0.323. The number of hydrogen-bond donors (Lipinski definition) is 0. The topological polar surface area (TPSA) is 133 Å². The Kier molecular flexibility index (Phi) is 7.70. The largest absolute Gasteiger partial charge is 0.465 e. The molecule has 2 rings (SSSR count). The summed E-state index contributed by atoms with van der Waals surface area (Å²) < 4.78 is 37.4. The molecule has 11 heteroatoms. The molecule has 0 aliphatic heterocycles. The average Bonchev–Trinajstić information content (AvgIpc) is 2.73. The van der Waals surface area contributed by atoms with Crippen LogP contribution in [-0.4, -0.2) is 45.0 Å². The molecule has 2 aromatic rings. The minimum Gasteiger partial charge on any atom is -0.465 e. The summed E-state index contributed by atoms with van der Waals surface area (Å²) in [4.78, 5) is 34.3. The third-order valence-electron chi connectivity index (χ3n) is 4.18. The fraction of sp³-hybridized carbons (Fsp3) is 0.300. The van der Waals surface area contributed by atoms with Crippen LogP contribution in [0.4, 0.5) is 11.4 Å². The van der Waals surface area contributed by atoms with Gasteiger partial charge in [-0.2, -0.15) is 0 Å². The van der Waals surface area contributed by atoms with E-state index in [1.165, 1.54) is 30.3 Å². The van der Waals surface area contributed by atoms with E-state index in [4.69, 9.17) is 9.47 Å². The Balaban J connectivity index is 2.64. The number of rotatable bonds is 9. The maximum absolute atomic E-state index is 13.4. The molecule has 0 heterocycles. The van der Waals surface area contributed by atoms with E-state index in [1.54, 1.807) is 20.8 Å². The second-order valence-electron chi connectivity index (χ2n) is 6.29. The summed E-state index contributed by atoms with van der Waals surface area (Å²) in [5.41, 5.74) is 0.163. The first kappa shape index (κ1) is 23.8. The Morgan fingerprint density at radius 1 is 1.06 bits per heavy atom. The zero-order chi connectivity index (χ0) is 23.2. The van der Waals surface area contributed by atoms with Crippen molar-refractivity contribution in [3.63, 3.8) is 0 Å². The Labute approximate surface area is 179 Å². The number of ether oxygens (including phenoxy) is 2. The van der Waals surface area contributed by atoms with Crippen molar-refractivity contribution in [2.75, 3.05) is 24.1 Å². The average molecular weight is 450 g/mol. The number of aryl methyl sites for hydroxylation is 1. The summed E-state index contributed by atoms with van der Waals surface area (Å²) in [6.45, 7) is 4.28. The predicted octanol–water partition coefficient (Wildman–Crippen LogP) is 2.84. The van der Waals surface area contributed by atoms with Gasteiger partial charge in [-0.1, -0.05) is 12.1 Å². The minimum absolute atomic E-state index is 0.0331. The van der Waals surface area contributed by atoms with Gasteiger partial charge in [-0.25, -0.2) is 13.2 Å². The van der Waals surface area contributed by atoms with Crippen molar-refractivity contribution < 1.29 is 32.4 Å². The van der Waals surface area contributed by atoms with Crippen LogP contribution in [0.15, 0.2) is 47.4 Å². The number of anilines is 1. The van der Waals surface area contributed by atoms with Crippen molar-refractivity contribution in [1.82, 2.24) is 0 Å². The summed E-state index contributed by atoms with van der Waals surface area (Å²) in [5.74, 6) is -1.48. The minimum atomic E-state index is -4.42. The van der Waals surface area contributed by atoms with E-state index in [9.17, 15) is 28.1 Å². The number of nitrogens with zero attached hydrogens (tertiary/aromatic N) is 2. The Bertz CT molecular complexity index is 1100. The molecule has 0 amide bonds. The third kappa shape index (κ3) is 5.57.